The molecule has 0 fully saturated rings. The molecule has 90 valence electrons. The van der Waals surface area contributed by atoms with Crippen LogP contribution < -0.4 is 11.3 Å². The summed E-state index contributed by atoms with van der Waals surface area (Å²) < 4.78 is 5.99. The highest BCUT2D eigenvalue weighted by molar-refractivity contribution is 9.10. The fourth-order valence-corrected chi connectivity index (χ4v) is 2.50. The van der Waals surface area contributed by atoms with Gasteiger partial charge in [0.25, 0.3) is 0 Å². The number of hydrogen-bond acceptors (Lipinski definition) is 3. The number of nitrogens with one attached hydrogen (secondary N) is 1. The Morgan fingerprint density at radius 3 is 2.88 bits per heavy atom. The Kier molecular flexibility index (Phi) is 6.31. The SMILES string of the molecule is COCCCC(NN)c1ccc(Cl)cc1Br. The lowest BCUT2D eigenvalue weighted by Crippen LogP contribution is -2.28. The molecule has 5 heteroatoms. The molecule has 1 atom stereocenters. The molecule has 3 N–H and O–H groups in total. The predicted molar refractivity (Wildman–Crippen MR) is 70.3 cm³/mol. The van der Waals surface area contributed by atoms with E-state index in [1.54, 1.807) is 7.11 Å². The Morgan fingerprint density at radius 2 is 2.31 bits per heavy atom. The highest BCUT2D eigenvalue weighted by atomic mass is 79.9. The minimum Gasteiger partial charge on any atom is -0.385 e. The van der Waals surface area contributed by atoms with E-state index in [0.717, 1.165) is 29.5 Å². The summed E-state index contributed by atoms with van der Waals surface area (Å²) in [4.78, 5) is 0. The molecule has 1 aromatic carbocycles. The maximum atomic E-state index is 5.89. The van der Waals surface area contributed by atoms with Crippen molar-refractivity contribution < 1.29 is 4.74 Å². The van der Waals surface area contributed by atoms with Crippen LogP contribution in [-0.2, 0) is 4.74 Å². The summed E-state index contributed by atoms with van der Waals surface area (Å²) >= 11 is 9.38. The third-order valence-corrected chi connectivity index (χ3v) is 3.30. The van der Waals surface area contributed by atoms with E-state index < -0.39 is 0 Å². The number of benzene rings is 1. The Morgan fingerprint density at radius 1 is 1.56 bits per heavy atom. The number of halogens is 2. The molecular weight excluding hydrogens is 291 g/mol. The summed E-state index contributed by atoms with van der Waals surface area (Å²) in [5.74, 6) is 5.55. The van der Waals surface area contributed by atoms with Gasteiger partial charge in [0.05, 0.1) is 0 Å². The molecule has 1 rings (SSSR count). The average molecular weight is 308 g/mol. The molecule has 1 unspecified atom stereocenters. The third-order valence-electron chi connectivity index (χ3n) is 2.38. The molecule has 3 nitrogen and oxygen atoms in total. The standard InChI is InChI=1S/C11H16BrClN2O/c1-16-6-2-3-11(15-14)9-5-4-8(13)7-10(9)12/h4-5,7,11,15H,2-3,6,14H2,1H3. The van der Waals surface area contributed by atoms with Crippen molar-refractivity contribution in [3.05, 3.63) is 33.3 Å². The quantitative estimate of drug-likeness (QED) is 0.482. The second-order valence-electron chi connectivity index (χ2n) is 3.52. The third kappa shape index (κ3) is 4.03. The minimum atomic E-state index is 0.113. The largest absolute Gasteiger partial charge is 0.385 e. The molecule has 0 heterocycles. The first kappa shape index (κ1) is 13.9. The van der Waals surface area contributed by atoms with Crippen LogP contribution in [0, 0.1) is 0 Å². The van der Waals surface area contributed by atoms with Gasteiger partial charge in [0.15, 0.2) is 0 Å². The highest BCUT2D eigenvalue weighted by Crippen LogP contribution is 2.28. The molecule has 0 aliphatic rings. The van der Waals surface area contributed by atoms with Gasteiger partial charge in [-0.15, -0.1) is 0 Å². The lowest BCUT2D eigenvalue weighted by molar-refractivity contribution is 0.188. The molecule has 0 bridgehead atoms. The molecule has 0 aliphatic carbocycles. The summed E-state index contributed by atoms with van der Waals surface area (Å²) in [6, 6.07) is 5.82. The predicted octanol–water partition coefficient (Wildman–Crippen LogP) is 3.03. The van der Waals surface area contributed by atoms with E-state index in [9.17, 15) is 0 Å². The summed E-state index contributed by atoms with van der Waals surface area (Å²) in [7, 11) is 1.70. The van der Waals surface area contributed by atoms with Gasteiger partial charge in [0.2, 0.25) is 0 Å². The summed E-state index contributed by atoms with van der Waals surface area (Å²) in [6.07, 6.45) is 1.88. The molecule has 0 amide bonds. The van der Waals surface area contributed by atoms with E-state index in [1.807, 2.05) is 18.2 Å². The number of hydrogen-bond donors (Lipinski definition) is 2. The molecule has 0 saturated heterocycles. The number of ether oxygens (including phenoxy) is 1. The maximum Gasteiger partial charge on any atom is 0.0472 e. The zero-order valence-corrected chi connectivity index (χ0v) is 11.5. The van der Waals surface area contributed by atoms with Crippen molar-refractivity contribution in [2.75, 3.05) is 13.7 Å². The van der Waals surface area contributed by atoms with Gasteiger partial charge in [-0.25, -0.2) is 0 Å². The van der Waals surface area contributed by atoms with Crippen LogP contribution in [0.1, 0.15) is 24.4 Å². The smallest absolute Gasteiger partial charge is 0.0472 e. The van der Waals surface area contributed by atoms with Crippen molar-refractivity contribution in [1.82, 2.24) is 5.43 Å². The van der Waals surface area contributed by atoms with Crippen molar-refractivity contribution in [1.29, 1.82) is 0 Å². The highest BCUT2D eigenvalue weighted by Gasteiger charge is 2.12. The number of nitrogens with two attached hydrogens (primary N) is 1. The fourth-order valence-electron chi connectivity index (χ4n) is 1.54. The van der Waals surface area contributed by atoms with Crippen LogP contribution in [0.3, 0.4) is 0 Å². The van der Waals surface area contributed by atoms with E-state index in [4.69, 9.17) is 22.2 Å². The first-order valence-electron chi connectivity index (χ1n) is 5.09. The van der Waals surface area contributed by atoms with E-state index in [1.165, 1.54) is 0 Å². The molecule has 0 aliphatic heterocycles. The normalized spacial score (nSPS) is 12.8. The van der Waals surface area contributed by atoms with Crippen LogP contribution in [0.4, 0.5) is 0 Å². The molecular formula is C11H16BrClN2O. The number of rotatable bonds is 6. The average Bonchev–Trinajstić information content (AvgIpc) is 2.26. The lowest BCUT2D eigenvalue weighted by atomic mass is 10.0. The summed E-state index contributed by atoms with van der Waals surface area (Å²) in [6.45, 7) is 0.739. The first-order valence-corrected chi connectivity index (χ1v) is 6.26. The number of hydrazine groups is 1. The fraction of sp³-hybridized carbons (Fsp3) is 0.455. The van der Waals surface area contributed by atoms with Crippen LogP contribution >= 0.6 is 27.5 Å². The van der Waals surface area contributed by atoms with Crippen molar-refractivity contribution in [2.24, 2.45) is 5.84 Å². The van der Waals surface area contributed by atoms with Gasteiger partial charge in [-0.1, -0.05) is 33.6 Å². The van der Waals surface area contributed by atoms with Gasteiger partial charge in [0.1, 0.15) is 0 Å². The maximum absolute atomic E-state index is 5.89. The Bertz CT molecular complexity index is 336. The monoisotopic (exact) mass is 306 g/mol. The molecule has 0 spiro atoms. The van der Waals surface area contributed by atoms with Crippen molar-refractivity contribution in [3.8, 4) is 0 Å². The minimum absolute atomic E-state index is 0.113. The van der Waals surface area contributed by atoms with Crippen LogP contribution in [0.15, 0.2) is 22.7 Å². The Hall–Kier alpha value is -0.130. The van der Waals surface area contributed by atoms with Crippen LogP contribution in [0.5, 0.6) is 0 Å². The van der Waals surface area contributed by atoms with Gasteiger partial charge in [-0.05, 0) is 30.5 Å². The van der Waals surface area contributed by atoms with Gasteiger partial charge >= 0.3 is 0 Å². The van der Waals surface area contributed by atoms with E-state index >= 15 is 0 Å². The van der Waals surface area contributed by atoms with Crippen LogP contribution in [0.25, 0.3) is 0 Å². The molecule has 0 saturated carbocycles. The van der Waals surface area contributed by atoms with Crippen molar-refractivity contribution in [2.45, 2.75) is 18.9 Å². The topological polar surface area (TPSA) is 47.3 Å². The second-order valence-corrected chi connectivity index (χ2v) is 4.81. The Labute approximate surface area is 109 Å². The summed E-state index contributed by atoms with van der Waals surface area (Å²) in [5.41, 5.74) is 3.92. The van der Waals surface area contributed by atoms with Crippen LogP contribution in [0.2, 0.25) is 5.02 Å². The molecule has 1 aromatic rings. The zero-order chi connectivity index (χ0) is 12.0. The van der Waals surface area contributed by atoms with E-state index in [0.29, 0.717) is 5.02 Å². The number of methoxy groups -OCH3 is 1. The zero-order valence-electron chi connectivity index (χ0n) is 9.17. The van der Waals surface area contributed by atoms with Crippen molar-refractivity contribution in [3.63, 3.8) is 0 Å². The van der Waals surface area contributed by atoms with Gasteiger partial charge in [-0.3, -0.25) is 11.3 Å². The van der Waals surface area contributed by atoms with E-state index in [-0.39, 0.29) is 6.04 Å². The molecule has 16 heavy (non-hydrogen) atoms. The van der Waals surface area contributed by atoms with Gasteiger partial charge in [0, 0.05) is 29.3 Å². The van der Waals surface area contributed by atoms with E-state index in [2.05, 4.69) is 21.4 Å². The molecule has 0 radical (unpaired) electrons. The van der Waals surface area contributed by atoms with Gasteiger partial charge < -0.3 is 4.74 Å². The molecule has 0 aromatic heterocycles. The van der Waals surface area contributed by atoms with Crippen molar-refractivity contribution >= 4 is 27.5 Å². The summed E-state index contributed by atoms with van der Waals surface area (Å²) in [5, 5.41) is 0.711. The Balaban J connectivity index is 2.70. The second kappa shape index (κ2) is 7.25. The van der Waals surface area contributed by atoms with Gasteiger partial charge in [-0.2, -0.15) is 0 Å². The lowest BCUT2D eigenvalue weighted by Gasteiger charge is -2.17. The van der Waals surface area contributed by atoms with Crippen LogP contribution in [-0.4, -0.2) is 13.7 Å². The first-order chi connectivity index (χ1) is 7.69.